The lowest BCUT2D eigenvalue weighted by atomic mass is 10.1. The normalized spacial score (nSPS) is 10.7. The highest BCUT2D eigenvalue weighted by molar-refractivity contribution is 7.10. The number of nitrogens with zero attached hydrogens (tertiary/aromatic N) is 1. The van der Waals surface area contributed by atoms with Crippen LogP contribution in [-0.2, 0) is 17.9 Å². The molecule has 0 aliphatic carbocycles. The molecule has 0 aliphatic rings. The molecule has 0 fully saturated rings. The first-order valence-electron chi connectivity index (χ1n) is 9.45. The van der Waals surface area contributed by atoms with Crippen LogP contribution in [0, 0.1) is 6.92 Å². The van der Waals surface area contributed by atoms with E-state index in [1.54, 1.807) is 29.5 Å². The molecule has 1 heterocycles. The van der Waals surface area contributed by atoms with E-state index in [1.165, 1.54) is 10.4 Å². The molecule has 2 aromatic carbocycles. The Kier molecular flexibility index (Phi) is 7.16. The molecule has 1 aromatic heterocycles. The van der Waals surface area contributed by atoms with Gasteiger partial charge in [-0.25, -0.2) is 0 Å². The summed E-state index contributed by atoms with van der Waals surface area (Å²) in [6.45, 7) is 3.47. The van der Waals surface area contributed by atoms with Crippen molar-refractivity contribution >= 4 is 28.8 Å². The Labute approximate surface area is 175 Å². The van der Waals surface area contributed by atoms with Crippen molar-refractivity contribution in [1.29, 1.82) is 0 Å². The highest BCUT2D eigenvalue weighted by Gasteiger charge is 2.14. The van der Waals surface area contributed by atoms with Crippen molar-refractivity contribution in [3.8, 4) is 0 Å². The first-order chi connectivity index (χ1) is 14.0. The summed E-state index contributed by atoms with van der Waals surface area (Å²) in [7, 11) is 1.91. The molecule has 2 amide bonds. The molecule has 5 nitrogen and oxygen atoms in total. The highest BCUT2D eigenvalue weighted by Crippen LogP contribution is 2.18. The molecule has 0 saturated heterocycles. The van der Waals surface area contributed by atoms with Crippen LogP contribution in [0.25, 0.3) is 0 Å². The van der Waals surface area contributed by atoms with E-state index < -0.39 is 0 Å². The zero-order valence-corrected chi connectivity index (χ0v) is 17.5. The molecule has 2 N–H and O–H groups in total. The van der Waals surface area contributed by atoms with Gasteiger partial charge >= 0.3 is 0 Å². The lowest BCUT2D eigenvalue weighted by molar-refractivity contribution is -0.117. The summed E-state index contributed by atoms with van der Waals surface area (Å²) >= 11 is 1.69. The molecular weight excluding hydrogens is 382 g/mol. The third kappa shape index (κ3) is 6.01. The zero-order valence-electron chi connectivity index (χ0n) is 16.6. The topological polar surface area (TPSA) is 61.4 Å². The Morgan fingerprint density at radius 1 is 1.00 bits per heavy atom. The monoisotopic (exact) mass is 407 g/mol. The third-order valence-electron chi connectivity index (χ3n) is 4.54. The largest absolute Gasteiger partial charge is 0.348 e. The zero-order chi connectivity index (χ0) is 20.6. The molecule has 0 saturated carbocycles. The summed E-state index contributed by atoms with van der Waals surface area (Å²) in [5, 5.41) is 7.84. The summed E-state index contributed by atoms with van der Waals surface area (Å²) in [4.78, 5) is 28.3. The molecule has 0 unspecified atom stereocenters. The number of hydrogen-bond donors (Lipinski definition) is 2. The number of aryl methyl sites for hydroxylation is 1. The summed E-state index contributed by atoms with van der Waals surface area (Å²) < 4.78 is 0. The Balaban J connectivity index is 1.58. The number of carbonyl (C=O) groups excluding carboxylic acids is 2. The first-order valence-corrected chi connectivity index (χ1v) is 10.3. The minimum absolute atomic E-state index is 0.148. The van der Waals surface area contributed by atoms with Gasteiger partial charge in [0.2, 0.25) is 5.91 Å². The van der Waals surface area contributed by atoms with Gasteiger partial charge in [-0.2, -0.15) is 0 Å². The number of carbonyl (C=O) groups is 2. The molecular formula is C23H25N3O2S. The van der Waals surface area contributed by atoms with Crippen LogP contribution in [0.5, 0.6) is 0 Å². The molecule has 0 radical (unpaired) electrons. The fourth-order valence-electron chi connectivity index (χ4n) is 2.97. The van der Waals surface area contributed by atoms with Crippen LogP contribution >= 0.6 is 11.3 Å². The van der Waals surface area contributed by atoms with Crippen LogP contribution in [0.15, 0.2) is 66.0 Å². The lowest BCUT2D eigenvalue weighted by Gasteiger charge is -2.17. The van der Waals surface area contributed by atoms with Gasteiger partial charge in [0.25, 0.3) is 5.91 Å². The average Bonchev–Trinajstić information content (AvgIpc) is 3.11. The van der Waals surface area contributed by atoms with E-state index in [0.717, 1.165) is 12.1 Å². The Hall–Kier alpha value is -2.96. The SMILES string of the molecule is Cc1ccsc1CN(C)CC(=O)Nc1ccccc1C(=O)NCc1ccccc1. The minimum atomic E-state index is -0.215. The summed E-state index contributed by atoms with van der Waals surface area (Å²) in [5.41, 5.74) is 3.23. The van der Waals surface area contributed by atoms with Crippen molar-refractivity contribution in [3.63, 3.8) is 0 Å². The lowest BCUT2D eigenvalue weighted by Crippen LogP contribution is -2.31. The summed E-state index contributed by atoms with van der Waals surface area (Å²) in [6.07, 6.45) is 0. The fraction of sp³-hybridized carbons (Fsp3) is 0.217. The van der Waals surface area contributed by atoms with Gasteiger partial charge in [0.15, 0.2) is 0 Å². The molecule has 0 atom stereocenters. The second-order valence-electron chi connectivity index (χ2n) is 6.96. The minimum Gasteiger partial charge on any atom is -0.348 e. The van der Waals surface area contributed by atoms with E-state index in [0.29, 0.717) is 17.8 Å². The van der Waals surface area contributed by atoms with Gasteiger partial charge < -0.3 is 10.6 Å². The van der Waals surface area contributed by atoms with Crippen LogP contribution < -0.4 is 10.6 Å². The quantitative estimate of drug-likeness (QED) is 0.592. The van der Waals surface area contributed by atoms with Crippen LogP contribution in [0.1, 0.15) is 26.4 Å². The Morgan fingerprint density at radius 3 is 2.45 bits per heavy atom. The molecule has 150 valence electrons. The van der Waals surface area contributed by atoms with Gasteiger partial charge in [0.1, 0.15) is 0 Å². The number of likely N-dealkylation sites (N-methyl/N-ethyl adjacent to an activating group) is 1. The standard InChI is InChI=1S/C23H25N3O2S/c1-17-12-13-29-21(17)15-26(2)16-22(27)25-20-11-7-6-10-19(20)23(28)24-14-18-8-4-3-5-9-18/h3-13H,14-16H2,1-2H3,(H,24,28)(H,25,27). The summed E-state index contributed by atoms with van der Waals surface area (Å²) in [6, 6.07) is 18.9. The van der Waals surface area contributed by atoms with Gasteiger partial charge in [0.05, 0.1) is 17.8 Å². The predicted molar refractivity (Wildman–Crippen MR) is 118 cm³/mol. The van der Waals surface area contributed by atoms with E-state index in [-0.39, 0.29) is 18.4 Å². The van der Waals surface area contributed by atoms with Crippen molar-refractivity contribution in [2.45, 2.75) is 20.0 Å². The van der Waals surface area contributed by atoms with Crippen molar-refractivity contribution in [2.75, 3.05) is 18.9 Å². The number of hydrogen-bond acceptors (Lipinski definition) is 4. The van der Waals surface area contributed by atoms with Gasteiger partial charge in [0, 0.05) is 18.0 Å². The summed E-state index contributed by atoms with van der Waals surface area (Å²) in [5.74, 6) is -0.364. The van der Waals surface area contributed by atoms with Crippen molar-refractivity contribution < 1.29 is 9.59 Å². The van der Waals surface area contributed by atoms with E-state index in [9.17, 15) is 9.59 Å². The van der Waals surface area contributed by atoms with E-state index in [4.69, 9.17) is 0 Å². The number of anilines is 1. The van der Waals surface area contributed by atoms with Crippen LogP contribution in [0.3, 0.4) is 0 Å². The highest BCUT2D eigenvalue weighted by atomic mass is 32.1. The Bertz CT molecular complexity index is 969. The van der Waals surface area contributed by atoms with Gasteiger partial charge in [-0.15, -0.1) is 11.3 Å². The molecule has 0 aliphatic heterocycles. The van der Waals surface area contributed by atoms with Crippen molar-refractivity contribution in [1.82, 2.24) is 10.2 Å². The number of thiophene rings is 1. The maximum Gasteiger partial charge on any atom is 0.253 e. The molecule has 0 bridgehead atoms. The van der Waals surface area contributed by atoms with Crippen molar-refractivity contribution in [3.05, 3.63) is 87.6 Å². The molecule has 0 spiro atoms. The van der Waals surface area contributed by atoms with Gasteiger partial charge in [-0.05, 0) is 48.7 Å². The maximum absolute atomic E-state index is 12.6. The van der Waals surface area contributed by atoms with Gasteiger partial charge in [-0.3, -0.25) is 14.5 Å². The van der Waals surface area contributed by atoms with E-state index >= 15 is 0 Å². The maximum atomic E-state index is 12.6. The number of para-hydroxylation sites is 1. The third-order valence-corrected chi connectivity index (χ3v) is 5.54. The molecule has 3 aromatic rings. The second kappa shape index (κ2) is 10.0. The predicted octanol–water partition coefficient (Wildman–Crippen LogP) is 4.06. The van der Waals surface area contributed by atoms with Crippen molar-refractivity contribution in [2.24, 2.45) is 0 Å². The number of amides is 2. The number of nitrogens with one attached hydrogen (secondary N) is 2. The number of rotatable bonds is 8. The van der Waals surface area contributed by atoms with E-state index in [1.807, 2.05) is 48.3 Å². The van der Waals surface area contributed by atoms with Crippen LogP contribution in [-0.4, -0.2) is 30.3 Å². The Morgan fingerprint density at radius 2 is 1.72 bits per heavy atom. The molecule has 6 heteroatoms. The fourth-order valence-corrected chi connectivity index (χ4v) is 3.95. The smallest absolute Gasteiger partial charge is 0.253 e. The van der Waals surface area contributed by atoms with E-state index in [2.05, 4.69) is 29.0 Å². The average molecular weight is 408 g/mol. The molecule has 3 rings (SSSR count). The number of benzene rings is 2. The van der Waals surface area contributed by atoms with Crippen LogP contribution in [0.2, 0.25) is 0 Å². The van der Waals surface area contributed by atoms with Crippen LogP contribution in [0.4, 0.5) is 5.69 Å². The molecule has 29 heavy (non-hydrogen) atoms. The van der Waals surface area contributed by atoms with Gasteiger partial charge in [-0.1, -0.05) is 42.5 Å². The second-order valence-corrected chi connectivity index (χ2v) is 7.96. The first kappa shape index (κ1) is 20.8.